The number of rotatable bonds is 6. The average Bonchev–Trinajstić information content (AvgIpc) is 2.50. The van der Waals surface area contributed by atoms with Gasteiger partial charge in [0, 0.05) is 16.2 Å². The van der Waals surface area contributed by atoms with Crippen molar-refractivity contribution >= 4 is 23.4 Å². The molecule has 0 radical (unpaired) electrons. The molecule has 0 bridgehead atoms. The van der Waals surface area contributed by atoms with Gasteiger partial charge >= 0.3 is 0 Å². The molecular weight excluding hydrogens is 280 g/mol. The summed E-state index contributed by atoms with van der Waals surface area (Å²) >= 11 is 1.64. The maximum atomic E-state index is 12.0. The van der Waals surface area contributed by atoms with Gasteiger partial charge in [-0.1, -0.05) is 49.0 Å². The van der Waals surface area contributed by atoms with Crippen LogP contribution < -0.4 is 11.1 Å². The van der Waals surface area contributed by atoms with Crippen LogP contribution in [-0.4, -0.2) is 12.5 Å². The first-order chi connectivity index (χ1) is 10.2. The molecule has 3 N–H and O–H groups in total. The summed E-state index contributed by atoms with van der Waals surface area (Å²) in [6, 6.07) is 18.0. The van der Waals surface area contributed by atoms with Crippen molar-refractivity contribution in [2.45, 2.75) is 23.1 Å². The molecule has 1 atom stereocenters. The Morgan fingerprint density at radius 1 is 1.14 bits per heavy atom. The van der Waals surface area contributed by atoms with Crippen LogP contribution in [-0.2, 0) is 4.79 Å². The summed E-state index contributed by atoms with van der Waals surface area (Å²) in [6.07, 6.45) is 0.445. The quantitative estimate of drug-likeness (QED) is 0.854. The fourth-order valence-electron chi connectivity index (χ4n) is 1.88. The first-order valence-corrected chi connectivity index (χ1v) is 7.82. The second kappa shape index (κ2) is 7.86. The van der Waals surface area contributed by atoms with E-state index >= 15 is 0 Å². The zero-order valence-electron chi connectivity index (χ0n) is 12.1. The molecular formula is C17H20N2OS. The summed E-state index contributed by atoms with van der Waals surface area (Å²) in [7, 11) is 0. The van der Waals surface area contributed by atoms with Crippen LogP contribution >= 0.6 is 11.8 Å². The Hall–Kier alpha value is -1.78. The second-order valence-electron chi connectivity index (χ2n) is 5.00. The summed E-state index contributed by atoms with van der Waals surface area (Å²) in [5.74, 6) is 0.202. The molecule has 0 heterocycles. The minimum atomic E-state index is 0.00839. The van der Waals surface area contributed by atoms with Crippen LogP contribution in [0.1, 0.15) is 13.3 Å². The van der Waals surface area contributed by atoms with Crippen molar-refractivity contribution in [3.63, 3.8) is 0 Å². The monoisotopic (exact) mass is 300 g/mol. The van der Waals surface area contributed by atoms with E-state index < -0.39 is 0 Å². The molecule has 2 aromatic rings. The van der Waals surface area contributed by atoms with E-state index in [1.807, 2.05) is 49.4 Å². The molecule has 0 aliphatic heterocycles. The lowest BCUT2D eigenvalue weighted by Gasteiger charge is -2.12. The Labute approximate surface area is 129 Å². The third kappa shape index (κ3) is 4.92. The molecule has 0 fully saturated rings. The minimum absolute atomic E-state index is 0.00839. The fourth-order valence-corrected chi connectivity index (χ4v) is 2.80. The number of para-hydroxylation sites is 1. The SMILES string of the molecule is CC(CN)CC(=O)Nc1ccccc1Sc1ccccc1. The second-order valence-corrected chi connectivity index (χ2v) is 6.12. The van der Waals surface area contributed by atoms with E-state index in [0.29, 0.717) is 13.0 Å². The van der Waals surface area contributed by atoms with Crippen LogP contribution in [0.4, 0.5) is 5.69 Å². The number of carbonyl (C=O) groups excluding carboxylic acids is 1. The van der Waals surface area contributed by atoms with Gasteiger partial charge in [0.1, 0.15) is 0 Å². The molecule has 0 aliphatic carbocycles. The lowest BCUT2D eigenvalue weighted by Crippen LogP contribution is -2.20. The van der Waals surface area contributed by atoms with Crippen molar-refractivity contribution in [3.8, 4) is 0 Å². The van der Waals surface area contributed by atoms with Crippen molar-refractivity contribution in [3.05, 3.63) is 54.6 Å². The van der Waals surface area contributed by atoms with Gasteiger partial charge in [0.25, 0.3) is 0 Å². The zero-order valence-corrected chi connectivity index (χ0v) is 12.9. The van der Waals surface area contributed by atoms with Gasteiger partial charge in [-0.15, -0.1) is 0 Å². The molecule has 4 heteroatoms. The van der Waals surface area contributed by atoms with Crippen LogP contribution in [0.25, 0.3) is 0 Å². The number of carbonyl (C=O) groups is 1. The van der Waals surface area contributed by atoms with E-state index in [4.69, 9.17) is 5.73 Å². The average molecular weight is 300 g/mol. The Morgan fingerprint density at radius 2 is 1.81 bits per heavy atom. The number of hydrogen-bond acceptors (Lipinski definition) is 3. The predicted molar refractivity (Wildman–Crippen MR) is 88.5 cm³/mol. The highest BCUT2D eigenvalue weighted by Gasteiger charge is 2.10. The van der Waals surface area contributed by atoms with Crippen molar-refractivity contribution in [2.75, 3.05) is 11.9 Å². The summed E-state index contributed by atoms with van der Waals surface area (Å²) in [6.45, 7) is 2.50. The van der Waals surface area contributed by atoms with Gasteiger partial charge in [-0.2, -0.15) is 0 Å². The van der Waals surface area contributed by atoms with E-state index in [-0.39, 0.29) is 11.8 Å². The Bertz CT molecular complexity index is 586. The normalized spacial score (nSPS) is 11.9. The Kier molecular flexibility index (Phi) is 5.84. The van der Waals surface area contributed by atoms with Gasteiger partial charge in [0.2, 0.25) is 5.91 Å². The van der Waals surface area contributed by atoms with Gasteiger partial charge in [-0.3, -0.25) is 4.79 Å². The van der Waals surface area contributed by atoms with Crippen LogP contribution in [0.2, 0.25) is 0 Å². The molecule has 110 valence electrons. The molecule has 0 aromatic heterocycles. The predicted octanol–water partition coefficient (Wildman–Crippen LogP) is 3.76. The summed E-state index contributed by atoms with van der Waals surface area (Å²) in [4.78, 5) is 14.2. The number of anilines is 1. The van der Waals surface area contributed by atoms with E-state index in [0.717, 1.165) is 15.5 Å². The van der Waals surface area contributed by atoms with Crippen LogP contribution in [0, 0.1) is 5.92 Å². The van der Waals surface area contributed by atoms with Crippen molar-refractivity contribution < 1.29 is 4.79 Å². The number of amides is 1. The van der Waals surface area contributed by atoms with Gasteiger partial charge in [-0.25, -0.2) is 0 Å². The molecule has 0 spiro atoms. The smallest absolute Gasteiger partial charge is 0.224 e. The van der Waals surface area contributed by atoms with Crippen molar-refractivity contribution in [2.24, 2.45) is 11.7 Å². The highest BCUT2D eigenvalue weighted by Crippen LogP contribution is 2.33. The number of nitrogens with two attached hydrogens (primary N) is 1. The zero-order chi connectivity index (χ0) is 15.1. The highest BCUT2D eigenvalue weighted by atomic mass is 32.2. The lowest BCUT2D eigenvalue weighted by molar-refractivity contribution is -0.116. The molecule has 3 nitrogen and oxygen atoms in total. The van der Waals surface area contributed by atoms with Gasteiger partial charge in [0.15, 0.2) is 0 Å². The van der Waals surface area contributed by atoms with Crippen LogP contribution in [0.3, 0.4) is 0 Å². The molecule has 1 amide bonds. The third-order valence-corrected chi connectivity index (χ3v) is 4.15. The first kappa shape index (κ1) is 15.6. The highest BCUT2D eigenvalue weighted by molar-refractivity contribution is 7.99. The summed E-state index contributed by atoms with van der Waals surface area (Å²) in [5, 5.41) is 2.98. The van der Waals surface area contributed by atoms with Crippen molar-refractivity contribution in [1.82, 2.24) is 0 Å². The van der Waals surface area contributed by atoms with E-state index in [9.17, 15) is 4.79 Å². The van der Waals surface area contributed by atoms with Gasteiger partial charge in [-0.05, 0) is 36.7 Å². The topological polar surface area (TPSA) is 55.1 Å². The van der Waals surface area contributed by atoms with Gasteiger partial charge < -0.3 is 11.1 Å². The largest absolute Gasteiger partial charge is 0.330 e. The van der Waals surface area contributed by atoms with E-state index in [1.165, 1.54) is 0 Å². The Balaban J connectivity index is 2.08. The number of nitrogens with one attached hydrogen (secondary N) is 1. The van der Waals surface area contributed by atoms with Crippen LogP contribution in [0.5, 0.6) is 0 Å². The van der Waals surface area contributed by atoms with Crippen LogP contribution in [0.15, 0.2) is 64.4 Å². The number of benzene rings is 2. The lowest BCUT2D eigenvalue weighted by atomic mass is 10.1. The standard InChI is InChI=1S/C17H20N2OS/c1-13(12-18)11-17(20)19-15-9-5-6-10-16(15)21-14-7-3-2-4-8-14/h2-10,13H,11-12,18H2,1H3,(H,19,20). The molecule has 0 aliphatic rings. The minimum Gasteiger partial charge on any atom is -0.330 e. The molecule has 1 unspecified atom stereocenters. The Morgan fingerprint density at radius 3 is 2.52 bits per heavy atom. The summed E-state index contributed by atoms with van der Waals surface area (Å²) < 4.78 is 0. The summed E-state index contributed by atoms with van der Waals surface area (Å²) in [5.41, 5.74) is 6.41. The van der Waals surface area contributed by atoms with Crippen molar-refractivity contribution in [1.29, 1.82) is 0 Å². The van der Waals surface area contributed by atoms with Gasteiger partial charge in [0.05, 0.1) is 5.69 Å². The molecule has 0 saturated carbocycles. The molecule has 2 rings (SSSR count). The fraction of sp³-hybridized carbons (Fsp3) is 0.235. The number of hydrogen-bond donors (Lipinski definition) is 2. The molecule has 21 heavy (non-hydrogen) atoms. The maximum absolute atomic E-state index is 12.0. The van der Waals surface area contributed by atoms with E-state index in [1.54, 1.807) is 11.8 Å². The molecule has 0 saturated heterocycles. The third-order valence-electron chi connectivity index (χ3n) is 3.07. The first-order valence-electron chi connectivity index (χ1n) is 7.01. The van der Waals surface area contributed by atoms with E-state index in [2.05, 4.69) is 17.4 Å². The molecule has 2 aromatic carbocycles. The maximum Gasteiger partial charge on any atom is 0.224 e.